The van der Waals surface area contributed by atoms with Crippen LogP contribution in [0.3, 0.4) is 0 Å². The highest BCUT2D eigenvalue weighted by Crippen LogP contribution is 2.06. The maximum atomic E-state index is 12.6. The van der Waals surface area contributed by atoms with Gasteiger partial charge in [0.15, 0.2) is 0 Å². The molecule has 0 nitrogen and oxygen atoms in total. The van der Waals surface area contributed by atoms with Crippen molar-refractivity contribution in [1.82, 2.24) is 0 Å². The third kappa shape index (κ3) is 4.22. The molecule has 0 amide bonds. The molecule has 0 radical (unpaired) electrons. The van der Waals surface area contributed by atoms with Crippen molar-refractivity contribution in [2.75, 3.05) is 0 Å². The number of allylic oxidation sites excluding steroid dienone is 1. The van der Waals surface area contributed by atoms with Gasteiger partial charge in [-0.1, -0.05) is 44.1 Å². The molecule has 0 saturated carbocycles. The predicted octanol–water partition coefficient (Wildman–Crippen LogP) is 4.42. The highest BCUT2D eigenvalue weighted by atomic mass is 19.1. The highest BCUT2D eigenvalue weighted by Gasteiger charge is 1.88. The van der Waals surface area contributed by atoms with E-state index in [9.17, 15) is 4.39 Å². The van der Waals surface area contributed by atoms with E-state index >= 15 is 0 Å². The predicted molar refractivity (Wildman–Crippen MR) is 59.6 cm³/mol. The molecule has 0 atom stereocenters. The van der Waals surface area contributed by atoms with Crippen molar-refractivity contribution in [3.63, 3.8) is 0 Å². The lowest BCUT2D eigenvalue weighted by atomic mass is 10.1. The Kier molecular flexibility index (Phi) is 4.98. The molecule has 0 aliphatic rings. The fourth-order valence-corrected chi connectivity index (χ4v) is 1.31. The van der Waals surface area contributed by atoms with Crippen LogP contribution >= 0.6 is 0 Å². The van der Waals surface area contributed by atoms with Gasteiger partial charge in [0.05, 0.1) is 0 Å². The van der Waals surface area contributed by atoms with Crippen LogP contribution in [0.25, 0.3) is 6.08 Å². The van der Waals surface area contributed by atoms with Gasteiger partial charge in [-0.25, -0.2) is 4.39 Å². The maximum absolute atomic E-state index is 12.6. The van der Waals surface area contributed by atoms with Crippen molar-refractivity contribution < 1.29 is 4.39 Å². The van der Waals surface area contributed by atoms with Crippen LogP contribution < -0.4 is 0 Å². The van der Waals surface area contributed by atoms with Crippen LogP contribution in [0.5, 0.6) is 0 Å². The van der Waals surface area contributed by atoms with Gasteiger partial charge in [-0.3, -0.25) is 0 Å². The van der Waals surface area contributed by atoms with Crippen molar-refractivity contribution >= 4 is 6.08 Å². The van der Waals surface area contributed by atoms with E-state index in [0.717, 1.165) is 12.0 Å². The summed E-state index contributed by atoms with van der Waals surface area (Å²) in [5.74, 6) is -0.173. The summed E-state index contributed by atoms with van der Waals surface area (Å²) in [6, 6.07) is 6.58. The first kappa shape index (κ1) is 11.0. The molecule has 14 heavy (non-hydrogen) atoms. The number of hydrogen-bond donors (Lipinski definition) is 0. The quantitative estimate of drug-likeness (QED) is 0.606. The van der Waals surface area contributed by atoms with Gasteiger partial charge in [0.1, 0.15) is 5.82 Å². The first-order chi connectivity index (χ1) is 6.83. The van der Waals surface area contributed by atoms with E-state index in [0.29, 0.717) is 0 Å². The number of hydrogen-bond acceptors (Lipinski definition) is 0. The summed E-state index contributed by atoms with van der Waals surface area (Å²) in [5, 5.41) is 0. The molecule has 0 fully saturated rings. The van der Waals surface area contributed by atoms with Gasteiger partial charge in [-0.15, -0.1) is 0 Å². The minimum absolute atomic E-state index is 0.173. The normalized spacial score (nSPS) is 11.0. The van der Waals surface area contributed by atoms with Crippen molar-refractivity contribution in [1.29, 1.82) is 0 Å². The zero-order valence-corrected chi connectivity index (χ0v) is 8.67. The van der Waals surface area contributed by atoms with Crippen molar-refractivity contribution in [2.45, 2.75) is 32.6 Å². The van der Waals surface area contributed by atoms with Crippen LogP contribution in [0.2, 0.25) is 0 Å². The smallest absolute Gasteiger partial charge is 0.123 e. The average molecular weight is 192 g/mol. The van der Waals surface area contributed by atoms with E-state index in [1.54, 1.807) is 12.1 Å². The minimum atomic E-state index is -0.173. The molecular weight excluding hydrogens is 175 g/mol. The first-order valence-corrected chi connectivity index (χ1v) is 5.25. The lowest BCUT2D eigenvalue weighted by Gasteiger charge is -1.94. The zero-order chi connectivity index (χ0) is 10.2. The highest BCUT2D eigenvalue weighted by molar-refractivity contribution is 5.48. The SMILES string of the molecule is CCCCCC=Cc1ccc(F)cc1. The van der Waals surface area contributed by atoms with E-state index in [1.165, 1.54) is 31.4 Å². The molecule has 0 bridgehead atoms. The maximum Gasteiger partial charge on any atom is 0.123 e. The number of rotatable bonds is 5. The molecule has 0 aliphatic carbocycles. The summed E-state index contributed by atoms with van der Waals surface area (Å²) in [6.07, 6.45) is 9.11. The topological polar surface area (TPSA) is 0 Å². The van der Waals surface area contributed by atoms with E-state index in [4.69, 9.17) is 0 Å². The summed E-state index contributed by atoms with van der Waals surface area (Å²) in [4.78, 5) is 0. The molecule has 1 heteroatoms. The summed E-state index contributed by atoms with van der Waals surface area (Å²) >= 11 is 0. The second-order valence-electron chi connectivity index (χ2n) is 3.45. The van der Waals surface area contributed by atoms with Crippen LogP contribution in [0, 0.1) is 5.82 Å². The Morgan fingerprint density at radius 1 is 1.14 bits per heavy atom. The Morgan fingerprint density at radius 2 is 1.86 bits per heavy atom. The first-order valence-electron chi connectivity index (χ1n) is 5.25. The Labute approximate surface area is 85.5 Å². The summed E-state index contributed by atoms with van der Waals surface area (Å²) < 4.78 is 12.6. The number of halogens is 1. The van der Waals surface area contributed by atoms with Crippen LogP contribution in [0.4, 0.5) is 4.39 Å². The Balaban J connectivity index is 2.33. The molecule has 0 spiro atoms. The third-order valence-electron chi connectivity index (χ3n) is 2.15. The van der Waals surface area contributed by atoms with Gasteiger partial charge >= 0.3 is 0 Å². The molecule has 1 aromatic carbocycles. The van der Waals surface area contributed by atoms with Gasteiger partial charge in [0, 0.05) is 0 Å². The third-order valence-corrected chi connectivity index (χ3v) is 2.15. The van der Waals surface area contributed by atoms with Gasteiger partial charge in [-0.05, 0) is 30.5 Å². The fourth-order valence-electron chi connectivity index (χ4n) is 1.31. The van der Waals surface area contributed by atoms with Gasteiger partial charge in [0.2, 0.25) is 0 Å². The molecule has 76 valence electrons. The second kappa shape index (κ2) is 6.36. The van der Waals surface area contributed by atoms with Crippen LogP contribution in [-0.2, 0) is 0 Å². The molecule has 0 unspecified atom stereocenters. The zero-order valence-electron chi connectivity index (χ0n) is 8.67. The van der Waals surface area contributed by atoms with Crippen LogP contribution in [0.1, 0.15) is 38.2 Å². The minimum Gasteiger partial charge on any atom is -0.207 e. The van der Waals surface area contributed by atoms with E-state index < -0.39 is 0 Å². The van der Waals surface area contributed by atoms with Crippen molar-refractivity contribution in [3.8, 4) is 0 Å². The van der Waals surface area contributed by atoms with Crippen molar-refractivity contribution in [2.24, 2.45) is 0 Å². The lowest BCUT2D eigenvalue weighted by Crippen LogP contribution is -1.75. The van der Waals surface area contributed by atoms with Gasteiger partial charge in [-0.2, -0.15) is 0 Å². The van der Waals surface area contributed by atoms with Gasteiger partial charge in [0.25, 0.3) is 0 Å². The van der Waals surface area contributed by atoms with Gasteiger partial charge < -0.3 is 0 Å². The van der Waals surface area contributed by atoms with Crippen LogP contribution in [0.15, 0.2) is 30.3 Å². The average Bonchev–Trinajstić information content (AvgIpc) is 2.21. The summed E-state index contributed by atoms with van der Waals surface area (Å²) in [6.45, 7) is 2.20. The second-order valence-corrected chi connectivity index (χ2v) is 3.45. The molecule has 0 heterocycles. The molecule has 0 aromatic heterocycles. The summed E-state index contributed by atoms with van der Waals surface area (Å²) in [5.41, 5.74) is 1.07. The molecule has 1 rings (SSSR count). The summed E-state index contributed by atoms with van der Waals surface area (Å²) in [7, 11) is 0. The number of benzene rings is 1. The van der Waals surface area contributed by atoms with Crippen LogP contribution in [-0.4, -0.2) is 0 Å². The number of unbranched alkanes of at least 4 members (excludes halogenated alkanes) is 3. The fraction of sp³-hybridized carbons (Fsp3) is 0.385. The molecule has 0 aliphatic heterocycles. The van der Waals surface area contributed by atoms with Crippen molar-refractivity contribution in [3.05, 3.63) is 41.7 Å². The Bertz CT molecular complexity index is 272. The largest absolute Gasteiger partial charge is 0.207 e. The Morgan fingerprint density at radius 3 is 2.50 bits per heavy atom. The van der Waals surface area contributed by atoms with E-state index in [-0.39, 0.29) is 5.82 Å². The monoisotopic (exact) mass is 192 g/mol. The Hall–Kier alpha value is -1.11. The van der Waals surface area contributed by atoms with E-state index in [1.807, 2.05) is 0 Å². The van der Waals surface area contributed by atoms with E-state index in [2.05, 4.69) is 19.1 Å². The molecule has 0 saturated heterocycles. The lowest BCUT2D eigenvalue weighted by molar-refractivity contribution is 0.628. The molecule has 0 N–H and O–H groups in total. The molecule has 1 aromatic rings. The molecular formula is C13H17F. The standard InChI is InChI=1S/C13H17F/c1-2-3-4-5-6-7-12-8-10-13(14)11-9-12/h6-11H,2-5H2,1H3.